The van der Waals surface area contributed by atoms with E-state index in [9.17, 15) is 9.59 Å². The second kappa shape index (κ2) is 10.2. The number of amidine groups is 1. The zero-order valence-electron chi connectivity index (χ0n) is 16.0. The lowest BCUT2D eigenvalue weighted by molar-refractivity contribution is -0.672. The summed E-state index contributed by atoms with van der Waals surface area (Å²) in [7, 11) is 1.85. The molecule has 0 saturated carbocycles. The van der Waals surface area contributed by atoms with E-state index in [1.165, 1.54) is 0 Å². The van der Waals surface area contributed by atoms with Crippen molar-refractivity contribution >= 4 is 17.7 Å². The summed E-state index contributed by atoms with van der Waals surface area (Å²) in [6.45, 7) is 0. The van der Waals surface area contributed by atoms with Gasteiger partial charge in [-0.1, -0.05) is 24.3 Å². The number of aryl methyl sites for hydroxylation is 2. The molecule has 7 heteroatoms. The molecule has 1 aromatic carbocycles. The van der Waals surface area contributed by atoms with Crippen molar-refractivity contribution in [2.24, 2.45) is 12.8 Å². The summed E-state index contributed by atoms with van der Waals surface area (Å²) in [5.74, 6) is -1.05. The number of pyridine rings is 1. The minimum atomic E-state index is -0.953. The molecule has 1 aromatic heterocycles. The van der Waals surface area contributed by atoms with Gasteiger partial charge < -0.3 is 16.2 Å². The number of hydrogen-bond acceptors (Lipinski definition) is 3. The maximum Gasteiger partial charge on any atom is 0.305 e. The quantitative estimate of drug-likeness (QED) is 0.216. The third-order valence-electron chi connectivity index (χ3n) is 4.46. The number of benzene rings is 1. The molecule has 28 heavy (non-hydrogen) atoms. The zero-order chi connectivity index (χ0) is 20.5. The van der Waals surface area contributed by atoms with Gasteiger partial charge in [0.05, 0.1) is 12.5 Å². The largest absolute Gasteiger partial charge is 0.481 e. The summed E-state index contributed by atoms with van der Waals surface area (Å²) < 4.78 is 1.83. The number of nitrogens with two attached hydrogens (primary N) is 1. The van der Waals surface area contributed by atoms with Gasteiger partial charge in [-0.05, 0) is 30.9 Å². The molecule has 0 aliphatic carbocycles. The van der Waals surface area contributed by atoms with Crippen molar-refractivity contribution in [3.63, 3.8) is 0 Å². The number of amides is 1. The van der Waals surface area contributed by atoms with Crippen LogP contribution in [0.3, 0.4) is 0 Å². The summed E-state index contributed by atoms with van der Waals surface area (Å²) >= 11 is 0. The standard InChI is InChI=1S/C21H26N4O3/c1-25-12-4-6-17(14-25)18(13-20(27)28)24-19(26)7-3-2-5-15-8-10-16(11-9-15)21(22)23/h4,6,8-12,14,18H,2-3,5,7,13H2,1H3,(H4-,22,23,24,26,27,28)/p+1. The van der Waals surface area contributed by atoms with Crippen LogP contribution in [0.4, 0.5) is 0 Å². The third-order valence-corrected chi connectivity index (χ3v) is 4.46. The molecular weight excluding hydrogens is 356 g/mol. The van der Waals surface area contributed by atoms with Crippen molar-refractivity contribution in [1.82, 2.24) is 5.32 Å². The Bertz CT molecular complexity index is 834. The summed E-state index contributed by atoms with van der Waals surface area (Å²) in [6, 6.07) is 10.6. The second-order valence-electron chi connectivity index (χ2n) is 6.84. The molecule has 1 atom stereocenters. The molecule has 1 unspecified atom stereocenters. The number of carbonyl (C=O) groups excluding carboxylic acids is 1. The molecular formula is C21H27N4O3+. The van der Waals surface area contributed by atoms with Crippen LogP contribution in [-0.2, 0) is 23.1 Å². The Balaban J connectivity index is 1.82. The fourth-order valence-corrected chi connectivity index (χ4v) is 2.98. The minimum Gasteiger partial charge on any atom is -0.481 e. The first-order valence-electron chi connectivity index (χ1n) is 9.25. The molecule has 0 saturated heterocycles. The summed E-state index contributed by atoms with van der Waals surface area (Å²) in [4.78, 5) is 23.4. The van der Waals surface area contributed by atoms with Crippen LogP contribution in [0.15, 0.2) is 48.8 Å². The average molecular weight is 383 g/mol. The van der Waals surface area contributed by atoms with Crippen molar-refractivity contribution in [2.75, 3.05) is 0 Å². The predicted molar refractivity (Wildman–Crippen MR) is 106 cm³/mol. The zero-order valence-corrected chi connectivity index (χ0v) is 16.0. The molecule has 1 amide bonds. The molecule has 0 radical (unpaired) electrons. The minimum absolute atomic E-state index is 0.0474. The first-order chi connectivity index (χ1) is 13.3. The van der Waals surface area contributed by atoms with Crippen molar-refractivity contribution in [3.8, 4) is 0 Å². The number of aliphatic carboxylic acids is 1. The number of carbonyl (C=O) groups is 2. The lowest BCUT2D eigenvalue weighted by Crippen LogP contribution is -2.33. The Morgan fingerprint density at radius 2 is 1.93 bits per heavy atom. The molecule has 7 nitrogen and oxygen atoms in total. The second-order valence-corrected chi connectivity index (χ2v) is 6.84. The number of nitrogens with one attached hydrogen (secondary N) is 2. The fourth-order valence-electron chi connectivity index (χ4n) is 2.98. The van der Waals surface area contributed by atoms with Crippen LogP contribution < -0.4 is 15.6 Å². The topological polar surface area (TPSA) is 120 Å². The van der Waals surface area contributed by atoms with Crippen LogP contribution in [-0.4, -0.2) is 22.8 Å². The monoisotopic (exact) mass is 383 g/mol. The summed E-state index contributed by atoms with van der Waals surface area (Å²) in [5.41, 5.74) is 8.04. The molecule has 0 bridgehead atoms. The van der Waals surface area contributed by atoms with E-state index < -0.39 is 12.0 Å². The Morgan fingerprint density at radius 1 is 1.21 bits per heavy atom. The molecule has 0 fully saturated rings. The normalized spacial score (nSPS) is 11.6. The van der Waals surface area contributed by atoms with Crippen LogP contribution in [0, 0.1) is 5.41 Å². The Morgan fingerprint density at radius 3 is 2.54 bits per heavy atom. The van der Waals surface area contributed by atoms with Crippen molar-refractivity contribution in [3.05, 3.63) is 65.5 Å². The van der Waals surface area contributed by atoms with Crippen LogP contribution in [0.2, 0.25) is 0 Å². The van der Waals surface area contributed by atoms with Gasteiger partial charge in [-0.2, -0.15) is 0 Å². The highest BCUT2D eigenvalue weighted by Gasteiger charge is 2.20. The fraction of sp³-hybridized carbons (Fsp3) is 0.333. The SMILES string of the molecule is C[n+]1cccc(C(CC(=O)O)NC(=O)CCCCc2ccc(C(=N)N)cc2)c1. The van der Waals surface area contributed by atoms with E-state index >= 15 is 0 Å². The van der Waals surface area contributed by atoms with E-state index in [1.807, 2.05) is 60.4 Å². The predicted octanol–water partition coefficient (Wildman–Crippen LogP) is 1.84. The number of aromatic nitrogens is 1. The summed E-state index contributed by atoms with van der Waals surface area (Å²) in [5, 5.41) is 19.4. The molecule has 0 spiro atoms. The Labute approximate surface area is 164 Å². The number of carboxylic acids is 1. The molecule has 0 aliphatic heterocycles. The Hall–Kier alpha value is -3.22. The van der Waals surface area contributed by atoms with Crippen molar-refractivity contribution in [1.29, 1.82) is 5.41 Å². The van der Waals surface area contributed by atoms with Gasteiger partial charge in [0.1, 0.15) is 12.9 Å². The van der Waals surface area contributed by atoms with Gasteiger partial charge in [0.15, 0.2) is 12.4 Å². The van der Waals surface area contributed by atoms with Gasteiger partial charge in [0, 0.05) is 23.6 Å². The van der Waals surface area contributed by atoms with Crippen LogP contribution in [0.5, 0.6) is 0 Å². The smallest absolute Gasteiger partial charge is 0.305 e. The first-order valence-corrected chi connectivity index (χ1v) is 9.25. The van der Waals surface area contributed by atoms with Gasteiger partial charge in [-0.15, -0.1) is 0 Å². The molecule has 1 heterocycles. The number of hydrogen-bond donors (Lipinski definition) is 4. The number of carboxylic acid groups (broad SMARTS) is 1. The van der Waals surface area contributed by atoms with Crippen molar-refractivity contribution < 1.29 is 19.3 Å². The van der Waals surface area contributed by atoms with Gasteiger partial charge in [-0.25, -0.2) is 4.57 Å². The van der Waals surface area contributed by atoms with Gasteiger partial charge in [-0.3, -0.25) is 15.0 Å². The van der Waals surface area contributed by atoms with E-state index in [0.717, 1.165) is 24.0 Å². The van der Waals surface area contributed by atoms with Gasteiger partial charge in [0.2, 0.25) is 5.91 Å². The lowest BCUT2D eigenvalue weighted by atomic mass is 10.0. The van der Waals surface area contributed by atoms with Gasteiger partial charge >= 0.3 is 5.97 Å². The maximum absolute atomic E-state index is 12.3. The molecule has 5 N–H and O–H groups in total. The highest BCUT2D eigenvalue weighted by Crippen LogP contribution is 2.16. The number of unbranched alkanes of at least 4 members (excludes halogenated alkanes) is 1. The summed E-state index contributed by atoms with van der Waals surface area (Å²) in [6.07, 6.45) is 6.25. The average Bonchev–Trinajstić information content (AvgIpc) is 2.65. The molecule has 2 rings (SSSR count). The van der Waals surface area contributed by atoms with Gasteiger partial charge in [0.25, 0.3) is 0 Å². The maximum atomic E-state index is 12.3. The Kier molecular flexibility index (Phi) is 7.68. The number of nitrogen functional groups attached to an aromatic ring is 1. The van der Waals surface area contributed by atoms with Crippen molar-refractivity contribution in [2.45, 2.75) is 38.1 Å². The number of rotatable bonds is 10. The van der Waals surface area contributed by atoms with Crippen LogP contribution >= 0.6 is 0 Å². The van der Waals surface area contributed by atoms with Crippen LogP contribution in [0.25, 0.3) is 0 Å². The van der Waals surface area contributed by atoms with Crippen LogP contribution in [0.1, 0.15) is 48.4 Å². The van der Waals surface area contributed by atoms with E-state index in [4.69, 9.17) is 16.2 Å². The molecule has 148 valence electrons. The van der Waals surface area contributed by atoms with E-state index in [2.05, 4.69) is 5.32 Å². The van der Waals surface area contributed by atoms with E-state index in [1.54, 1.807) is 0 Å². The lowest BCUT2D eigenvalue weighted by Gasteiger charge is -2.16. The molecule has 0 aliphatic rings. The highest BCUT2D eigenvalue weighted by atomic mass is 16.4. The highest BCUT2D eigenvalue weighted by molar-refractivity contribution is 5.94. The van der Waals surface area contributed by atoms with E-state index in [-0.39, 0.29) is 18.2 Å². The molecule has 2 aromatic rings. The number of nitrogens with zero attached hydrogens (tertiary/aromatic N) is 1. The van der Waals surface area contributed by atoms with E-state index in [0.29, 0.717) is 18.4 Å². The third kappa shape index (κ3) is 6.83. The first kappa shape index (κ1) is 21.1.